The molecule has 0 aromatic carbocycles. The second kappa shape index (κ2) is 5.56. The lowest BCUT2D eigenvalue weighted by molar-refractivity contribution is 0.314. The number of thiocarbonyl (C=S) groups is 1. The molecule has 0 radical (unpaired) electrons. The van der Waals surface area contributed by atoms with Crippen LogP contribution in [0.5, 0.6) is 0 Å². The summed E-state index contributed by atoms with van der Waals surface area (Å²) in [6.45, 7) is 5.53. The van der Waals surface area contributed by atoms with Crippen LogP contribution < -0.4 is 5.73 Å². The molecule has 1 aromatic heterocycles. The first kappa shape index (κ1) is 12.5. The lowest BCUT2D eigenvalue weighted by atomic mass is 10.1. The maximum absolute atomic E-state index is 5.69. The highest BCUT2D eigenvalue weighted by Crippen LogP contribution is 2.21. The van der Waals surface area contributed by atoms with Crippen molar-refractivity contribution in [2.75, 3.05) is 13.1 Å². The molecule has 0 bridgehead atoms. The average molecular weight is 249 g/mol. The maximum Gasteiger partial charge on any atom is 0.123 e. The minimum absolute atomic E-state index is 0.395. The molecule has 0 saturated carbocycles. The summed E-state index contributed by atoms with van der Waals surface area (Å²) in [5, 5.41) is 0. The van der Waals surface area contributed by atoms with Crippen LogP contribution in [-0.2, 0) is 6.54 Å². The van der Waals surface area contributed by atoms with Crippen molar-refractivity contribution in [2.45, 2.75) is 26.3 Å². The highest BCUT2D eigenvalue weighted by atomic mass is 32.1. The standard InChI is InChI=1S/C13H19N3S/c1-2-10-5-7-16(8-10)9-11-4-3-6-15-12(11)13(14)17/h3-4,6,10H,2,5,7-9H2,1H3,(H2,14,17). The van der Waals surface area contributed by atoms with E-state index in [4.69, 9.17) is 18.0 Å². The number of nitrogens with two attached hydrogens (primary N) is 1. The number of rotatable bonds is 4. The third-order valence-corrected chi connectivity index (χ3v) is 3.66. The van der Waals surface area contributed by atoms with E-state index in [1.54, 1.807) is 6.20 Å². The fourth-order valence-electron chi connectivity index (χ4n) is 2.42. The zero-order valence-corrected chi connectivity index (χ0v) is 11.0. The number of hydrogen-bond donors (Lipinski definition) is 1. The summed E-state index contributed by atoms with van der Waals surface area (Å²) in [5.41, 5.74) is 7.62. The molecule has 4 heteroatoms. The SMILES string of the molecule is CCC1CCN(Cc2cccnc2C(N)=S)C1. The Hall–Kier alpha value is -1.00. The van der Waals surface area contributed by atoms with Crippen molar-refractivity contribution >= 4 is 17.2 Å². The smallest absolute Gasteiger partial charge is 0.123 e. The molecule has 1 fully saturated rings. The summed E-state index contributed by atoms with van der Waals surface area (Å²) >= 11 is 5.03. The Balaban J connectivity index is 2.06. The van der Waals surface area contributed by atoms with E-state index in [-0.39, 0.29) is 0 Å². The fourth-order valence-corrected chi connectivity index (χ4v) is 2.60. The van der Waals surface area contributed by atoms with Gasteiger partial charge in [-0.3, -0.25) is 9.88 Å². The minimum atomic E-state index is 0.395. The van der Waals surface area contributed by atoms with E-state index in [0.717, 1.165) is 23.7 Å². The molecule has 2 N–H and O–H groups in total. The van der Waals surface area contributed by atoms with Gasteiger partial charge in [-0.2, -0.15) is 0 Å². The van der Waals surface area contributed by atoms with Crippen molar-refractivity contribution in [1.29, 1.82) is 0 Å². The van der Waals surface area contributed by atoms with Crippen LogP contribution in [0, 0.1) is 5.92 Å². The Bertz CT molecular complexity index is 405. The zero-order valence-electron chi connectivity index (χ0n) is 10.2. The van der Waals surface area contributed by atoms with E-state index in [2.05, 4.69) is 22.9 Å². The molecule has 2 heterocycles. The summed E-state index contributed by atoms with van der Waals surface area (Å²) in [4.78, 5) is 7.13. The normalized spacial score (nSPS) is 20.6. The van der Waals surface area contributed by atoms with Gasteiger partial charge >= 0.3 is 0 Å². The molecule has 1 atom stereocenters. The highest BCUT2D eigenvalue weighted by Gasteiger charge is 2.21. The van der Waals surface area contributed by atoms with Crippen molar-refractivity contribution < 1.29 is 0 Å². The molecule has 3 nitrogen and oxygen atoms in total. The molecule has 1 saturated heterocycles. The van der Waals surface area contributed by atoms with E-state index in [9.17, 15) is 0 Å². The van der Waals surface area contributed by atoms with Gasteiger partial charge in [0.1, 0.15) is 10.7 Å². The predicted octanol–water partition coefficient (Wildman–Crippen LogP) is 1.95. The van der Waals surface area contributed by atoms with Crippen LogP contribution in [0.3, 0.4) is 0 Å². The van der Waals surface area contributed by atoms with Gasteiger partial charge in [0.2, 0.25) is 0 Å². The first-order chi connectivity index (χ1) is 8.20. The van der Waals surface area contributed by atoms with E-state index < -0.39 is 0 Å². The van der Waals surface area contributed by atoms with Crippen LogP contribution in [0.1, 0.15) is 31.0 Å². The molecule has 17 heavy (non-hydrogen) atoms. The van der Waals surface area contributed by atoms with Gasteiger partial charge in [-0.15, -0.1) is 0 Å². The quantitative estimate of drug-likeness (QED) is 0.828. The van der Waals surface area contributed by atoms with Crippen molar-refractivity contribution in [3.63, 3.8) is 0 Å². The lowest BCUT2D eigenvalue weighted by Crippen LogP contribution is -2.23. The van der Waals surface area contributed by atoms with Crippen molar-refractivity contribution in [1.82, 2.24) is 9.88 Å². The van der Waals surface area contributed by atoms with Gasteiger partial charge in [0.05, 0.1) is 0 Å². The van der Waals surface area contributed by atoms with E-state index >= 15 is 0 Å². The van der Waals surface area contributed by atoms with Gasteiger partial charge in [-0.1, -0.05) is 31.6 Å². The molecule has 0 amide bonds. The number of pyridine rings is 1. The Morgan fingerprint density at radius 1 is 1.65 bits per heavy atom. The minimum Gasteiger partial charge on any atom is -0.388 e. The average Bonchev–Trinajstić information content (AvgIpc) is 2.77. The third-order valence-electron chi connectivity index (χ3n) is 3.47. The Morgan fingerprint density at radius 3 is 3.12 bits per heavy atom. The first-order valence-corrected chi connectivity index (χ1v) is 6.57. The summed E-state index contributed by atoms with van der Waals surface area (Å²) in [7, 11) is 0. The lowest BCUT2D eigenvalue weighted by Gasteiger charge is -2.17. The monoisotopic (exact) mass is 249 g/mol. The third kappa shape index (κ3) is 3.01. The Labute approximate surface area is 108 Å². The molecule has 0 spiro atoms. The fraction of sp³-hybridized carbons (Fsp3) is 0.538. The maximum atomic E-state index is 5.69. The molecule has 92 valence electrons. The van der Waals surface area contributed by atoms with Crippen LogP contribution in [0.2, 0.25) is 0 Å². The van der Waals surface area contributed by atoms with E-state index in [1.807, 2.05) is 6.07 Å². The van der Waals surface area contributed by atoms with Crippen molar-refractivity contribution in [2.24, 2.45) is 11.7 Å². The van der Waals surface area contributed by atoms with Crippen LogP contribution in [0.25, 0.3) is 0 Å². The summed E-state index contributed by atoms with van der Waals surface area (Å²) < 4.78 is 0. The number of nitrogens with zero attached hydrogens (tertiary/aromatic N) is 2. The van der Waals surface area contributed by atoms with Gasteiger partial charge < -0.3 is 5.73 Å². The molecule has 1 aromatic rings. The van der Waals surface area contributed by atoms with Gasteiger partial charge in [-0.05, 0) is 30.5 Å². The van der Waals surface area contributed by atoms with Crippen LogP contribution in [0.15, 0.2) is 18.3 Å². The number of likely N-dealkylation sites (tertiary alicyclic amines) is 1. The van der Waals surface area contributed by atoms with Gasteiger partial charge in [0.25, 0.3) is 0 Å². The molecule has 1 aliphatic rings. The first-order valence-electron chi connectivity index (χ1n) is 6.16. The second-order valence-electron chi connectivity index (χ2n) is 4.67. The van der Waals surface area contributed by atoms with Crippen LogP contribution in [-0.4, -0.2) is 28.0 Å². The number of aromatic nitrogens is 1. The largest absolute Gasteiger partial charge is 0.388 e. The van der Waals surface area contributed by atoms with Crippen molar-refractivity contribution in [3.8, 4) is 0 Å². The molecule has 1 aliphatic heterocycles. The molecule has 2 rings (SSSR count). The predicted molar refractivity (Wildman–Crippen MR) is 73.8 cm³/mol. The van der Waals surface area contributed by atoms with Gasteiger partial charge in [0.15, 0.2) is 0 Å². The molecular weight excluding hydrogens is 230 g/mol. The molecule has 1 unspecified atom stereocenters. The van der Waals surface area contributed by atoms with Crippen molar-refractivity contribution in [3.05, 3.63) is 29.6 Å². The van der Waals surface area contributed by atoms with E-state index in [0.29, 0.717) is 4.99 Å². The summed E-state index contributed by atoms with van der Waals surface area (Å²) in [5.74, 6) is 0.847. The zero-order chi connectivity index (χ0) is 12.3. The van der Waals surface area contributed by atoms with Gasteiger partial charge in [0, 0.05) is 19.3 Å². The summed E-state index contributed by atoms with van der Waals surface area (Å²) in [6.07, 6.45) is 4.32. The Morgan fingerprint density at radius 2 is 2.47 bits per heavy atom. The number of hydrogen-bond acceptors (Lipinski definition) is 3. The van der Waals surface area contributed by atoms with E-state index in [1.165, 1.54) is 25.9 Å². The highest BCUT2D eigenvalue weighted by molar-refractivity contribution is 7.80. The topological polar surface area (TPSA) is 42.2 Å². The Kier molecular flexibility index (Phi) is 4.07. The molecular formula is C13H19N3S. The summed E-state index contributed by atoms with van der Waals surface area (Å²) in [6, 6.07) is 4.02. The molecule has 0 aliphatic carbocycles. The van der Waals surface area contributed by atoms with Crippen LogP contribution in [0.4, 0.5) is 0 Å². The van der Waals surface area contributed by atoms with Gasteiger partial charge in [-0.25, -0.2) is 0 Å². The van der Waals surface area contributed by atoms with Crippen LogP contribution >= 0.6 is 12.2 Å². The second-order valence-corrected chi connectivity index (χ2v) is 5.11.